The lowest BCUT2D eigenvalue weighted by molar-refractivity contribution is -0.136. The summed E-state index contributed by atoms with van der Waals surface area (Å²) in [6, 6.07) is 25.1. The summed E-state index contributed by atoms with van der Waals surface area (Å²) in [5, 5.41) is 11.9. The molecule has 1 saturated carbocycles. The first kappa shape index (κ1) is 22.7. The number of nitrogens with one attached hydrogen (secondary N) is 1. The minimum Gasteiger partial charge on any atom is -0.481 e. The highest BCUT2D eigenvalue weighted by Gasteiger charge is 2.53. The van der Waals surface area contributed by atoms with Crippen LogP contribution < -0.4 is 10.2 Å². The lowest BCUT2D eigenvalue weighted by Crippen LogP contribution is -2.51. The number of carbonyl (C=O) groups excluding carboxylic acids is 2. The van der Waals surface area contributed by atoms with Crippen LogP contribution >= 0.6 is 0 Å². The Morgan fingerprint density at radius 3 is 2.03 bits per heavy atom. The number of hydrogen-bond donors (Lipinski definition) is 2. The molecule has 0 spiro atoms. The quantitative estimate of drug-likeness (QED) is 0.503. The molecular formula is C28H26N2O5. The number of alkyl carbamates (subject to hydrolysis) is 1. The van der Waals surface area contributed by atoms with Crippen molar-refractivity contribution in [3.63, 3.8) is 0 Å². The van der Waals surface area contributed by atoms with E-state index in [0.717, 1.165) is 22.3 Å². The van der Waals surface area contributed by atoms with Crippen LogP contribution in [0.25, 0.3) is 11.1 Å². The zero-order valence-electron chi connectivity index (χ0n) is 19.1. The van der Waals surface area contributed by atoms with E-state index < -0.39 is 17.6 Å². The number of carboxylic acids is 1. The lowest BCUT2D eigenvalue weighted by Gasteiger charge is -2.27. The third-order valence-electron chi connectivity index (χ3n) is 6.71. The molecule has 3 aromatic carbocycles. The number of aliphatic carboxylic acids is 1. The first-order valence-corrected chi connectivity index (χ1v) is 11.7. The zero-order valence-corrected chi connectivity index (χ0v) is 19.1. The summed E-state index contributed by atoms with van der Waals surface area (Å²) in [6.07, 6.45) is 0.115. The highest BCUT2D eigenvalue weighted by atomic mass is 16.5. The molecule has 0 unspecified atom stereocenters. The highest BCUT2D eigenvalue weighted by Crippen LogP contribution is 2.44. The normalized spacial score (nSPS) is 15.0. The summed E-state index contributed by atoms with van der Waals surface area (Å²) in [6.45, 7) is 0.178. The Bertz CT molecular complexity index is 1220. The summed E-state index contributed by atoms with van der Waals surface area (Å²) >= 11 is 0. The summed E-state index contributed by atoms with van der Waals surface area (Å²) in [5.41, 5.74) is 4.03. The molecular weight excluding hydrogens is 444 g/mol. The number of amides is 2. The Kier molecular flexibility index (Phi) is 5.99. The summed E-state index contributed by atoms with van der Waals surface area (Å²) in [4.78, 5) is 38.8. The van der Waals surface area contributed by atoms with E-state index in [1.165, 1.54) is 4.90 Å². The van der Waals surface area contributed by atoms with Gasteiger partial charge in [-0.25, -0.2) is 4.79 Å². The van der Waals surface area contributed by atoms with Gasteiger partial charge in [0.25, 0.3) is 5.91 Å². The molecule has 0 aliphatic heterocycles. The van der Waals surface area contributed by atoms with Gasteiger partial charge in [-0.05, 0) is 47.2 Å². The van der Waals surface area contributed by atoms with Gasteiger partial charge < -0.3 is 20.1 Å². The molecule has 0 atom stereocenters. The minimum absolute atomic E-state index is 0.0201. The smallest absolute Gasteiger partial charge is 0.408 e. The molecule has 3 aromatic rings. The van der Waals surface area contributed by atoms with Gasteiger partial charge in [-0.15, -0.1) is 0 Å². The van der Waals surface area contributed by atoms with Crippen LogP contribution in [0.2, 0.25) is 0 Å². The van der Waals surface area contributed by atoms with Crippen molar-refractivity contribution in [2.75, 3.05) is 18.1 Å². The van der Waals surface area contributed by atoms with Gasteiger partial charge in [0.05, 0.1) is 6.42 Å². The predicted octanol–water partition coefficient (Wildman–Crippen LogP) is 4.57. The number of benzene rings is 3. The highest BCUT2D eigenvalue weighted by molar-refractivity contribution is 6.04. The molecule has 2 N–H and O–H groups in total. The summed E-state index contributed by atoms with van der Waals surface area (Å²) < 4.78 is 5.63. The van der Waals surface area contributed by atoms with Gasteiger partial charge in [-0.3, -0.25) is 9.59 Å². The third-order valence-corrected chi connectivity index (χ3v) is 6.71. The second kappa shape index (κ2) is 9.25. The molecule has 0 heterocycles. The third kappa shape index (κ3) is 4.49. The van der Waals surface area contributed by atoms with Gasteiger partial charge in [0, 0.05) is 18.2 Å². The van der Waals surface area contributed by atoms with Crippen molar-refractivity contribution in [2.24, 2.45) is 0 Å². The number of hydrogen-bond acceptors (Lipinski definition) is 4. The van der Waals surface area contributed by atoms with E-state index in [2.05, 4.69) is 17.4 Å². The van der Waals surface area contributed by atoms with E-state index in [1.807, 2.05) is 42.5 Å². The van der Waals surface area contributed by atoms with Crippen molar-refractivity contribution in [2.45, 2.75) is 30.7 Å². The number of ether oxygens (including phenoxy) is 1. The van der Waals surface area contributed by atoms with Crippen molar-refractivity contribution < 1.29 is 24.2 Å². The molecule has 7 nitrogen and oxygen atoms in total. The van der Waals surface area contributed by atoms with Crippen LogP contribution in [0.1, 0.15) is 36.3 Å². The van der Waals surface area contributed by atoms with E-state index >= 15 is 0 Å². The number of carboxylic acid groups (broad SMARTS) is 1. The maximum atomic E-state index is 13.4. The fraction of sp³-hybridized carbons (Fsp3) is 0.250. The van der Waals surface area contributed by atoms with Crippen molar-refractivity contribution in [1.82, 2.24) is 5.32 Å². The molecule has 2 amide bonds. The molecule has 0 aromatic heterocycles. The van der Waals surface area contributed by atoms with Crippen LogP contribution in [0.4, 0.5) is 10.5 Å². The van der Waals surface area contributed by atoms with Gasteiger partial charge >= 0.3 is 12.1 Å². The number of fused-ring (bicyclic) bond motifs is 3. The molecule has 2 aliphatic rings. The second-order valence-corrected chi connectivity index (χ2v) is 8.97. The molecule has 7 heteroatoms. The van der Waals surface area contributed by atoms with Crippen LogP contribution in [0, 0.1) is 0 Å². The van der Waals surface area contributed by atoms with E-state index in [1.54, 1.807) is 24.3 Å². The topological polar surface area (TPSA) is 95.9 Å². The van der Waals surface area contributed by atoms with Gasteiger partial charge in [0.2, 0.25) is 0 Å². The fourth-order valence-corrected chi connectivity index (χ4v) is 4.77. The first-order valence-electron chi connectivity index (χ1n) is 11.7. The molecule has 178 valence electrons. The van der Waals surface area contributed by atoms with Gasteiger partial charge in [0.15, 0.2) is 0 Å². The van der Waals surface area contributed by atoms with Crippen molar-refractivity contribution in [3.05, 3.63) is 90.0 Å². The van der Waals surface area contributed by atoms with Gasteiger partial charge in [-0.2, -0.15) is 0 Å². The Balaban J connectivity index is 1.28. The molecule has 2 aliphatic carbocycles. The fourth-order valence-electron chi connectivity index (χ4n) is 4.77. The van der Waals surface area contributed by atoms with E-state index in [-0.39, 0.29) is 31.4 Å². The van der Waals surface area contributed by atoms with E-state index in [4.69, 9.17) is 9.84 Å². The van der Waals surface area contributed by atoms with Crippen LogP contribution in [-0.2, 0) is 14.3 Å². The Labute approximate surface area is 203 Å². The average molecular weight is 471 g/mol. The lowest BCUT2D eigenvalue weighted by atomic mass is 9.98. The van der Waals surface area contributed by atoms with Crippen molar-refractivity contribution in [3.8, 4) is 11.1 Å². The van der Waals surface area contributed by atoms with E-state index in [9.17, 15) is 14.4 Å². The molecule has 0 radical (unpaired) electrons. The van der Waals surface area contributed by atoms with Gasteiger partial charge in [0.1, 0.15) is 12.1 Å². The Hall–Kier alpha value is -4.13. The first-order chi connectivity index (χ1) is 17.0. The number of anilines is 1. The summed E-state index contributed by atoms with van der Waals surface area (Å²) in [7, 11) is 0. The molecule has 5 rings (SSSR count). The Morgan fingerprint density at radius 1 is 0.886 bits per heavy atom. The largest absolute Gasteiger partial charge is 0.481 e. The van der Waals surface area contributed by atoms with Gasteiger partial charge in [-0.1, -0.05) is 66.7 Å². The molecule has 1 fully saturated rings. The molecule has 0 saturated heterocycles. The molecule has 35 heavy (non-hydrogen) atoms. The van der Waals surface area contributed by atoms with Crippen molar-refractivity contribution in [1.29, 1.82) is 0 Å². The SMILES string of the molecule is O=C(O)CCN(C(=O)C1(NC(=O)OCC2c3ccccc3-c3ccccc32)CC1)c1ccccc1. The zero-order chi connectivity index (χ0) is 24.4. The molecule has 0 bridgehead atoms. The number of para-hydroxylation sites is 1. The van der Waals surface area contributed by atoms with Crippen LogP contribution in [0.15, 0.2) is 78.9 Å². The predicted molar refractivity (Wildman–Crippen MR) is 131 cm³/mol. The van der Waals surface area contributed by atoms with Crippen molar-refractivity contribution >= 4 is 23.7 Å². The van der Waals surface area contributed by atoms with Crippen LogP contribution in [0.3, 0.4) is 0 Å². The standard InChI is InChI=1S/C28H26N2O5/c31-25(32)14-17-30(19-8-2-1-3-9-19)26(33)28(15-16-28)29-27(34)35-18-24-22-12-6-4-10-20(22)21-11-5-7-13-23(21)24/h1-13,24H,14-18H2,(H,29,34)(H,31,32). The Morgan fingerprint density at radius 2 is 1.46 bits per heavy atom. The van der Waals surface area contributed by atoms with Crippen LogP contribution in [0.5, 0.6) is 0 Å². The number of nitrogens with zero attached hydrogens (tertiary/aromatic N) is 1. The second-order valence-electron chi connectivity index (χ2n) is 8.97. The summed E-state index contributed by atoms with van der Waals surface area (Å²) in [5.74, 6) is -1.39. The monoisotopic (exact) mass is 470 g/mol. The number of rotatable bonds is 8. The van der Waals surface area contributed by atoms with Crippen LogP contribution in [-0.4, -0.2) is 41.8 Å². The number of carbonyl (C=O) groups is 3. The average Bonchev–Trinajstić information content (AvgIpc) is 3.58. The van der Waals surface area contributed by atoms with E-state index in [0.29, 0.717) is 18.5 Å². The maximum Gasteiger partial charge on any atom is 0.408 e. The maximum absolute atomic E-state index is 13.4. The minimum atomic E-state index is -1.07.